The molecule has 0 spiro atoms. The van der Waals surface area contributed by atoms with Gasteiger partial charge in [-0.3, -0.25) is 0 Å². The van der Waals surface area contributed by atoms with Crippen molar-refractivity contribution in [3.05, 3.63) is 28.0 Å². The van der Waals surface area contributed by atoms with Gasteiger partial charge in [0.05, 0.1) is 11.1 Å². The van der Waals surface area contributed by atoms with E-state index in [-0.39, 0.29) is 5.28 Å². The third-order valence-electron chi connectivity index (χ3n) is 1.64. The fourth-order valence-corrected chi connectivity index (χ4v) is 1.54. The zero-order valence-corrected chi connectivity index (χ0v) is 7.82. The van der Waals surface area contributed by atoms with Crippen LogP contribution in [0.25, 0.3) is 11.0 Å². The summed E-state index contributed by atoms with van der Waals surface area (Å²) < 4.78 is 0. The van der Waals surface area contributed by atoms with Crippen molar-refractivity contribution in [1.29, 1.82) is 5.26 Å². The van der Waals surface area contributed by atoms with Gasteiger partial charge >= 0.3 is 0 Å². The molecule has 2 aromatic rings. The number of H-pyrrole nitrogens is 1. The monoisotopic (exact) mass is 211 g/mol. The molecule has 5 heteroatoms. The zero-order valence-electron chi connectivity index (χ0n) is 6.31. The second-order valence-electron chi connectivity index (χ2n) is 2.49. The van der Waals surface area contributed by atoms with Gasteiger partial charge in [0.25, 0.3) is 0 Å². The molecule has 0 bridgehead atoms. The topological polar surface area (TPSA) is 52.5 Å². The minimum Gasteiger partial charge on any atom is -0.328 e. The van der Waals surface area contributed by atoms with Gasteiger partial charge < -0.3 is 4.98 Å². The summed E-state index contributed by atoms with van der Waals surface area (Å²) in [6.07, 6.45) is 0. The van der Waals surface area contributed by atoms with Crippen molar-refractivity contribution in [2.45, 2.75) is 0 Å². The third kappa shape index (κ3) is 1.35. The number of hydrogen-bond donors (Lipinski definition) is 1. The van der Waals surface area contributed by atoms with Crippen LogP contribution in [0.5, 0.6) is 0 Å². The lowest BCUT2D eigenvalue weighted by Crippen LogP contribution is -1.78. The van der Waals surface area contributed by atoms with Crippen LogP contribution in [0.1, 0.15) is 5.56 Å². The van der Waals surface area contributed by atoms with Gasteiger partial charge in [-0.15, -0.1) is 0 Å². The van der Waals surface area contributed by atoms with E-state index in [0.29, 0.717) is 21.6 Å². The molecule has 0 aliphatic carbocycles. The minimum absolute atomic E-state index is 0.258. The van der Waals surface area contributed by atoms with E-state index in [4.69, 9.17) is 28.5 Å². The number of aromatic nitrogens is 2. The average Bonchev–Trinajstić information content (AvgIpc) is 2.43. The molecule has 13 heavy (non-hydrogen) atoms. The SMILES string of the molecule is N#Cc1cc(Cl)cc2[nH]c(Cl)nc12. The summed E-state index contributed by atoms with van der Waals surface area (Å²) in [4.78, 5) is 6.75. The van der Waals surface area contributed by atoms with Crippen molar-refractivity contribution in [3.8, 4) is 6.07 Å². The van der Waals surface area contributed by atoms with Crippen LogP contribution in [0.4, 0.5) is 0 Å². The molecule has 1 N–H and O–H groups in total. The molecule has 1 heterocycles. The highest BCUT2D eigenvalue weighted by Crippen LogP contribution is 2.22. The summed E-state index contributed by atoms with van der Waals surface area (Å²) in [6.45, 7) is 0. The Morgan fingerprint density at radius 1 is 1.38 bits per heavy atom. The molecule has 64 valence electrons. The number of halogens is 2. The quantitative estimate of drug-likeness (QED) is 0.729. The van der Waals surface area contributed by atoms with Gasteiger partial charge in [-0.25, -0.2) is 4.98 Å². The maximum absolute atomic E-state index is 8.76. The Morgan fingerprint density at radius 3 is 2.85 bits per heavy atom. The summed E-state index contributed by atoms with van der Waals surface area (Å²) in [6, 6.07) is 5.23. The fourth-order valence-electron chi connectivity index (χ4n) is 1.14. The van der Waals surface area contributed by atoms with E-state index in [9.17, 15) is 0 Å². The third-order valence-corrected chi connectivity index (χ3v) is 2.04. The molecule has 0 atom stereocenters. The number of nitriles is 1. The van der Waals surface area contributed by atoms with Crippen LogP contribution in [0.3, 0.4) is 0 Å². The lowest BCUT2D eigenvalue weighted by Gasteiger charge is -1.92. The molecule has 0 unspecified atom stereocenters. The van der Waals surface area contributed by atoms with E-state index in [1.807, 2.05) is 6.07 Å². The summed E-state index contributed by atoms with van der Waals surface area (Å²) in [5.74, 6) is 0. The second-order valence-corrected chi connectivity index (χ2v) is 3.28. The Bertz CT molecular complexity index is 510. The first-order valence-corrected chi connectivity index (χ1v) is 4.21. The number of rotatable bonds is 0. The van der Waals surface area contributed by atoms with Gasteiger partial charge in [0.15, 0.2) is 0 Å². The molecular formula is C8H3Cl2N3. The highest BCUT2D eigenvalue weighted by Gasteiger charge is 2.07. The molecule has 0 amide bonds. The fraction of sp³-hybridized carbons (Fsp3) is 0. The van der Waals surface area contributed by atoms with Crippen molar-refractivity contribution < 1.29 is 0 Å². The van der Waals surface area contributed by atoms with Crippen LogP contribution in [-0.2, 0) is 0 Å². The van der Waals surface area contributed by atoms with E-state index in [0.717, 1.165) is 0 Å². The van der Waals surface area contributed by atoms with E-state index < -0.39 is 0 Å². The summed E-state index contributed by atoms with van der Waals surface area (Å²) in [7, 11) is 0. The second kappa shape index (κ2) is 2.91. The van der Waals surface area contributed by atoms with E-state index in [1.54, 1.807) is 12.1 Å². The van der Waals surface area contributed by atoms with Crippen molar-refractivity contribution in [2.24, 2.45) is 0 Å². The molecule has 0 fully saturated rings. The number of benzene rings is 1. The van der Waals surface area contributed by atoms with Crippen LogP contribution in [0.2, 0.25) is 10.3 Å². The highest BCUT2D eigenvalue weighted by molar-refractivity contribution is 6.32. The summed E-state index contributed by atoms with van der Waals surface area (Å²) in [5.41, 5.74) is 1.65. The number of fused-ring (bicyclic) bond motifs is 1. The molecule has 0 radical (unpaired) electrons. The van der Waals surface area contributed by atoms with E-state index >= 15 is 0 Å². The van der Waals surface area contributed by atoms with Crippen LogP contribution in [0.15, 0.2) is 12.1 Å². The largest absolute Gasteiger partial charge is 0.328 e. The van der Waals surface area contributed by atoms with Gasteiger partial charge in [0.2, 0.25) is 5.28 Å². The predicted octanol–water partition coefficient (Wildman–Crippen LogP) is 2.74. The number of hydrogen-bond acceptors (Lipinski definition) is 2. The van der Waals surface area contributed by atoms with Crippen molar-refractivity contribution in [3.63, 3.8) is 0 Å². The van der Waals surface area contributed by atoms with Gasteiger partial charge in [0, 0.05) is 5.02 Å². The van der Waals surface area contributed by atoms with Gasteiger partial charge in [-0.05, 0) is 23.7 Å². The van der Waals surface area contributed by atoms with Crippen LogP contribution in [-0.4, -0.2) is 9.97 Å². The Morgan fingerprint density at radius 2 is 2.15 bits per heavy atom. The predicted molar refractivity (Wildman–Crippen MR) is 50.8 cm³/mol. The summed E-state index contributed by atoms with van der Waals surface area (Å²) in [5, 5.41) is 9.51. The Hall–Kier alpha value is -1.24. The van der Waals surface area contributed by atoms with Crippen molar-refractivity contribution in [1.82, 2.24) is 9.97 Å². The van der Waals surface area contributed by atoms with Crippen LogP contribution >= 0.6 is 23.2 Å². The Balaban J connectivity index is 2.90. The molecule has 3 nitrogen and oxygen atoms in total. The summed E-state index contributed by atoms with van der Waals surface area (Å²) >= 11 is 11.4. The molecule has 0 aliphatic heterocycles. The standard InChI is InChI=1S/C8H3Cl2N3/c9-5-1-4(3-11)7-6(2-5)12-8(10)13-7/h1-2H,(H,12,13). The minimum atomic E-state index is 0.258. The molecule has 1 aromatic heterocycles. The zero-order chi connectivity index (χ0) is 9.42. The molecular weight excluding hydrogens is 209 g/mol. The smallest absolute Gasteiger partial charge is 0.201 e. The maximum Gasteiger partial charge on any atom is 0.201 e. The van der Waals surface area contributed by atoms with Gasteiger partial charge in [-0.1, -0.05) is 11.6 Å². The molecule has 0 aliphatic rings. The van der Waals surface area contributed by atoms with Gasteiger partial charge in [-0.2, -0.15) is 5.26 Å². The van der Waals surface area contributed by atoms with Crippen LogP contribution < -0.4 is 0 Å². The highest BCUT2D eigenvalue weighted by atomic mass is 35.5. The number of imidazole rings is 1. The molecule has 0 saturated heterocycles. The van der Waals surface area contributed by atoms with E-state index in [2.05, 4.69) is 9.97 Å². The van der Waals surface area contributed by atoms with Crippen molar-refractivity contribution in [2.75, 3.05) is 0 Å². The maximum atomic E-state index is 8.76. The van der Waals surface area contributed by atoms with Crippen molar-refractivity contribution >= 4 is 34.2 Å². The van der Waals surface area contributed by atoms with Gasteiger partial charge in [0.1, 0.15) is 11.6 Å². The first-order valence-electron chi connectivity index (χ1n) is 3.45. The Kier molecular flexibility index (Phi) is 1.87. The lowest BCUT2D eigenvalue weighted by molar-refractivity contribution is 1.34. The molecule has 1 aromatic carbocycles. The van der Waals surface area contributed by atoms with E-state index in [1.165, 1.54) is 0 Å². The normalized spacial score (nSPS) is 10.2. The molecule has 0 saturated carbocycles. The number of nitrogens with one attached hydrogen (secondary N) is 1. The Labute approximate surface area is 83.9 Å². The molecule has 2 rings (SSSR count). The number of nitrogens with zero attached hydrogens (tertiary/aromatic N) is 2. The van der Waals surface area contributed by atoms with Crippen LogP contribution in [0, 0.1) is 11.3 Å². The number of aromatic amines is 1. The first-order chi connectivity index (χ1) is 6.20. The average molecular weight is 212 g/mol. The first kappa shape index (κ1) is 8.36. The lowest BCUT2D eigenvalue weighted by atomic mass is 10.2.